The predicted octanol–water partition coefficient (Wildman–Crippen LogP) is 2.96. The number of hydrogen-bond donors (Lipinski definition) is 1. The highest BCUT2D eigenvalue weighted by Gasteiger charge is 2.44. The molecule has 1 heterocycles. The summed E-state index contributed by atoms with van der Waals surface area (Å²) in [5, 5.41) is 21.4. The highest BCUT2D eigenvalue weighted by molar-refractivity contribution is 6.01. The Labute approximate surface area is 153 Å². The highest BCUT2D eigenvalue weighted by Crippen LogP contribution is 2.47. The van der Waals surface area contributed by atoms with E-state index in [-0.39, 0.29) is 16.9 Å². The van der Waals surface area contributed by atoms with Crippen molar-refractivity contribution < 1.29 is 4.79 Å². The number of rotatable bonds is 5. The fourth-order valence-electron chi connectivity index (χ4n) is 3.14. The molecular formula is C21H20N4O. The second-order valence-corrected chi connectivity index (χ2v) is 6.74. The van der Waals surface area contributed by atoms with E-state index in [0.29, 0.717) is 17.8 Å². The van der Waals surface area contributed by atoms with Crippen molar-refractivity contribution in [3.8, 4) is 12.1 Å². The summed E-state index contributed by atoms with van der Waals surface area (Å²) >= 11 is 0. The van der Waals surface area contributed by atoms with Crippen LogP contribution in [0.15, 0.2) is 42.0 Å². The lowest BCUT2D eigenvalue weighted by Crippen LogP contribution is -2.32. The number of aromatic nitrogens is 1. The average molecular weight is 344 g/mol. The molecule has 0 spiro atoms. The lowest BCUT2D eigenvalue weighted by atomic mass is 9.96. The van der Waals surface area contributed by atoms with Crippen LogP contribution in [0.4, 0.5) is 0 Å². The van der Waals surface area contributed by atoms with Crippen molar-refractivity contribution in [2.24, 2.45) is 7.05 Å². The molecule has 26 heavy (non-hydrogen) atoms. The van der Waals surface area contributed by atoms with Crippen molar-refractivity contribution in [1.82, 2.24) is 9.88 Å². The molecule has 3 rings (SSSR count). The number of benzene rings is 1. The van der Waals surface area contributed by atoms with Crippen LogP contribution in [-0.4, -0.2) is 17.0 Å². The molecule has 0 bridgehead atoms. The Morgan fingerprint density at radius 1 is 1.31 bits per heavy atom. The van der Waals surface area contributed by atoms with E-state index in [0.717, 1.165) is 18.5 Å². The van der Waals surface area contributed by atoms with E-state index in [1.54, 1.807) is 23.8 Å². The normalized spacial score (nSPS) is 15.0. The molecule has 1 saturated carbocycles. The van der Waals surface area contributed by atoms with Gasteiger partial charge in [0.1, 0.15) is 23.4 Å². The minimum absolute atomic E-state index is 0.00583. The monoisotopic (exact) mass is 344 g/mol. The van der Waals surface area contributed by atoms with Crippen LogP contribution in [-0.2, 0) is 17.3 Å². The van der Waals surface area contributed by atoms with E-state index in [9.17, 15) is 10.1 Å². The topological polar surface area (TPSA) is 81.6 Å². The van der Waals surface area contributed by atoms with Crippen molar-refractivity contribution in [2.45, 2.75) is 25.2 Å². The van der Waals surface area contributed by atoms with Gasteiger partial charge in [0.15, 0.2) is 0 Å². The maximum absolute atomic E-state index is 12.5. The Morgan fingerprint density at radius 2 is 2.00 bits per heavy atom. The molecule has 0 atom stereocenters. The number of hydrogen-bond acceptors (Lipinski definition) is 3. The standard InChI is InChI=1S/C21H20N4O/c1-15-16(11-19(13-23)25(15)2)10-17(12-22)20(26)24-14-21(8-9-21)18-6-4-3-5-7-18/h3-7,10-11H,8-9,14H2,1-2H3,(H,24,26). The lowest BCUT2D eigenvalue weighted by molar-refractivity contribution is -0.117. The van der Waals surface area contributed by atoms with E-state index in [2.05, 4.69) is 23.5 Å². The van der Waals surface area contributed by atoms with E-state index in [1.807, 2.05) is 31.2 Å². The van der Waals surface area contributed by atoms with Crippen molar-refractivity contribution in [1.29, 1.82) is 10.5 Å². The van der Waals surface area contributed by atoms with Gasteiger partial charge in [0.2, 0.25) is 0 Å². The van der Waals surface area contributed by atoms with E-state index < -0.39 is 0 Å². The largest absolute Gasteiger partial charge is 0.351 e. The molecule has 1 aromatic carbocycles. The fourth-order valence-corrected chi connectivity index (χ4v) is 3.14. The zero-order chi connectivity index (χ0) is 18.7. The molecule has 1 aliphatic carbocycles. The van der Waals surface area contributed by atoms with Gasteiger partial charge >= 0.3 is 0 Å². The van der Waals surface area contributed by atoms with Gasteiger partial charge < -0.3 is 9.88 Å². The first-order valence-corrected chi connectivity index (χ1v) is 8.53. The Morgan fingerprint density at radius 3 is 2.54 bits per heavy atom. The number of nitrogens with one attached hydrogen (secondary N) is 1. The maximum Gasteiger partial charge on any atom is 0.261 e. The van der Waals surface area contributed by atoms with Crippen LogP contribution in [0.5, 0.6) is 0 Å². The maximum atomic E-state index is 12.5. The zero-order valence-corrected chi connectivity index (χ0v) is 14.9. The summed E-state index contributed by atoms with van der Waals surface area (Å²) < 4.78 is 1.74. The van der Waals surface area contributed by atoms with Gasteiger partial charge in [-0.05, 0) is 43.0 Å². The minimum atomic E-state index is -0.378. The number of carbonyl (C=O) groups excluding carboxylic acids is 1. The molecule has 2 aromatic rings. The first kappa shape index (κ1) is 17.5. The number of nitriles is 2. The summed E-state index contributed by atoms with van der Waals surface area (Å²) in [5.74, 6) is -0.378. The third kappa shape index (κ3) is 3.25. The van der Waals surface area contributed by atoms with Crippen molar-refractivity contribution in [2.75, 3.05) is 6.54 Å². The van der Waals surface area contributed by atoms with Gasteiger partial charge in [0.25, 0.3) is 5.91 Å². The first-order chi connectivity index (χ1) is 12.5. The van der Waals surface area contributed by atoms with Gasteiger partial charge in [-0.2, -0.15) is 10.5 Å². The van der Waals surface area contributed by atoms with Crippen LogP contribution in [0.1, 0.15) is 35.4 Å². The van der Waals surface area contributed by atoms with Gasteiger partial charge in [-0.15, -0.1) is 0 Å². The predicted molar refractivity (Wildman–Crippen MR) is 98.8 cm³/mol. The highest BCUT2D eigenvalue weighted by atomic mass is 16.1. The molecular weight excluding hydrogens is 324 g/mol. The smallest absolute Gasteiger partial charge is 0.261 e. The van der Waals surface area contributed by atoms with Crippen LogP contribution < -0.4 is 5.32 Å². The second-order valence-electron chi connectivity index (χ2n) is 6.74. The van der Waals surface area contributed by atoms with Crippen LogP contribution >= 0.6 is 0 Å². The second kappa shape index (κ2) is 6.90. The Balaban J connectivity index is 1.75. The lowest BCUT2D eigenvalue weighted by Gasteiger charge is -2.16. The summed E-state index contributed by atoms with van der Waals surface area (Å²) in [6, 6.07) is 15.9. The summed E-state index contributed by atoms with van der Waals surface area (Å²) in [5.41, 5.74) is 3.30. The van der Waals surface area contributed by atoms with Gasteiger partial charge in [0.05, 0.1) is 0 Å². The van der Waals surface area contributed by atoms with Crippen LogP contribution in [0.25, 0.3) is 6.08 Å². The van der Waals surface area contributed by atoms with Gasteiger partial charge in [-0.1, -0.05) is 30.3 Å². The van der Waals surface area contributed by atoms with Crippen LogP contribution in [0.3, 0.4) is 0 Å². The molecule has 130 valence electrons. The molecule has 0 aliphatic heterocycles. The molecule has 5 nitrogen and oxygen atoms in total. The minimum Gasteiger partial charge on any atom is -0.351 e. The SMILES string of the molecule is Cc1c(C=C(C#N)C(=O)NCC2(c3ccccc3)CC2)cc(C#N)n1C. The van der Waals surface area contributed by atoms with Crippen LogP contribution in [0, 0.1) is 29.6 Å². The van der Waals surface area contributed by atoms with Crippen molar-refractivity contribution >= 4 is 12.0 Å². The van der Waals surface area contributed by atoms with E-state index in [1.165, 1.54) is 5.56 Å². The third-order valence-corrected chi connectivity index (χ3v) is 5.18. The van der Waals surface area contributed by atoms with Crippen LogP contribution in [0.2, 0.25) is 0 Å². The third-order valence-electron chi connectivity index (χ3n) is 5.18. The van der Waals surface area contributed by atoms with Crippen molar-refractivity contribution in [3.05, 3.63) is 64.5 Å². The molecule has 1 amide bonds. The molecule has 1 aliphatic rings. The Kier molecular flexibility index (Phi) is 4.65. The molecule has 5 heteroatoms. The molecule has 0 unspecified atom stereocenters. The molecule has 1 fully saturated rings. The molecule has 1 aromatic heterocycles. The molecule has 0 saturated heterocycles. The number of nitrogens with zero attached hydrogens (tertiary/aromatic N) is 3. The summed E-state index contributed by atoms with van der Waals surface area (Å²) in [6.07, 6.45) is 3.62. The summed E-state index contributed by atoms with van der Waals surface area (Å²) in [6.45, 7) is 2.38. The summed E-state index contributed by atoms with van der Waals surface area (Å²) in [7, 11) is 1.79. The average Bonchev–Trinajstić information content (AvgIpc) is 3.42. The Bertz CT molecular complexity index is 950. The number of amides is 1. The van der Waals surface area contributed by atoms with E-state index in [4.69, 9.17) is 5.26 Å². The number of carbonyl (C=O) groups is 1. The van der Waals surface area contributed by atoms with Gasteiger partial charge in [0, 0.05) is 24.7 Å². The zero-order valence-electron chi connectivity index (χ0n) is 14.9. The first-order valence-electron chi connectivity index (χ1n) is 8.53. The van der Waals surface area contributed by atoms with Gasteiger partial charge in [-0.25, -0.2) is 0 Å². The van der Waals surface area contributed by atoms with E-state index >= 15 is 0 Å². The molecule has 0 radical (unpaired) electrons. The van der Waals surface area contributed by atoms with Crippen molar-refractivity contribution in [3.63, 3.8) is 0 Å². The Hall–Kier alpha value is -3.31. The fraction of sp³-hybridized carbons (Fsp3) is 0.286. The quantitative estimate of drug-likeness (QED) is 0.669. The molecule has 1 N–H and O–H groups in total. The van der Waals surface area contributed by atoms with Gasteiger partial charge in [-0.3, -0.25) is 4.79 Å². The summed E-state index contributed by atoms with van der Waals surface area (Å²) in [4.78, 5) is 12.5.